The highest BCUT2D eigenvalue weighted by Gasteiger charge is 2.61. The first-order valence-electron chi connectivity index (χ1n) is 13.9. The van der Waals surface area contributed by atoms with Gasteiger partial charge in [-0.3, -0.25) is 19.3 Å². The van der Waals surface area contributed by atoms with Gasteiger partial charge in [0.2, 0.25) is 5.91 Å². The van der Waals surface area contributed by atoms with Crippen molar-refractivity contribution in [2.24, 2.45) is 5.92 Å². The molecule has 2 aliphatic carbocycles. The predicted octanol–water partition coefficient (Wildman–Crippen LogP) is 4.58. The third kappa shape index (κ3) is 5.81. The first-order chi connectivity index (χ1) is 18.7. The average Bonchev–Trinajstić information content (AvgIpc) is 3.55. The SMILES string of the molecule is CC(=O)Oc1cccc([C@@]23CCN(CC4CC4)C[C@@]2(OC(C)=O)CC[C@@H](N(C)C(=O)/C=C/c2ccoc2)C3)c1. The summed E-state index contributed by atoms with van der Waals surface area (Å²) < 4.78 is 16.9. The molecule has 8 heteroatoms. The van der Waals surface area contributed by atoms with Crippen molar-refractivity contribution >= 4 is 23.9 Å². The van der Waals surface area contributed by atoms with Gasteiger partial charge in [-0.2, -0.15) is 0 Å². The van der Waals surface area contributed by atoms with Crippen LogP contribution in [-0.4, -0.2) is 66.0 Å². The largest absolute Gasteiger partial charge is 0.472 e. The lowest BCUT2D eigenvalue weighted by Gasteiger charge is -2.60. The normalized spacial score (nSPS) is 27.1. The molecule has 2 heterocycles. The molecule has 3 atom stereocenters. The molecule has 0 radical (unpaired) electrons. The van der Waals surface area contributed by atoms with E-state index in [9.17, 15) is 14.4 Å². The number of fused-ring (bicyclic) bond motifs is 1. The smallest absolute Gasteiger partial charge is 0.308 e. The number of hydrogen-bond donors (Lipinski definition) is 0. The third-order valence-corrected chi connectivity index (χ3v) is 8.73. The number of rotatable bonds is 8. The molecule has 0 spiro atoms. The highest BCUT2D eigenvalue weighted by Crippen LogP contribution is 2.55. The predicted molar refractivity (Wildman–Crippen MR) is 146 cm³/mol. The number of hydrogen-bond acceptors (Lipinski definition) is 7. The van der Waals surface area contributed by atoms with E-state index in [1.54, 1.807) is 36.8 Å². The first-order valence-corrected chi connectivity index (χ1v) is 13.9. The molecule has 2 saturated carbocycles. The molecular weight excluding hydrogens is 496 g/mol. The van der Waals surface area contributed by atoms with Crippen molar-refractivity contribution < 1.29 is 28.3 Å². The van der Waals surface area contributed by atoms with Gasteiger partial charge in [-0.05, 0) is 80.8 Å². The molecule has 5 rings (SSSR count). The molecule has 1 aliphatic heterocycles. The number of benzene rings is 1. The van der Waals surface area contributed by atoms with E-state index in [4.69, 9.17) is 13.9 Å². The molecule has 3 aliphatic rings. The van der Waals surface area contributed by atoms with Gasteiger partial charge in [-0.1, -0.05) is 12.1 Å². The number of piperidine rings is 1. The summed E-state index contributed by atoms with van der Waals surface area (Å²) in [6.45, 7) is 5.43. The number of amides is 1. The van der Waals surface area contributed by atoms with Crippen LogP contribution in [0, 0.1) is 5.92 Å². The minimum absolute atomic E-state index is 0.0532. The number of carbonyl (C=O) groups is 3. The Hall–Kier alpha value is -3.39. The number of furan rings is 1. The highest BCUT2D eigenvalue weighted by atomic mass is 16.6. The molecule has 8 nitrogen and oxygen atoms in total. The van der Waals surface area contributed by atoms with Gasteiger partial charge in [0.1, 0.15) is 11.4 Å². The molecule has 3 fully saturated rings. The van der Waals surface area contributed by atoms with E-state index in [2.05, 4.69) is 4.90 Å². The Morgan fingerprint density at radius 1 is 1.13 bits per heavy atom. The topological polar surface area (TPSA) is 89.3 Å². The van der Waals surface area contributed by atoms with Crippen molar-refractivity contribution in [3.8, 4) is 5.75 Å². The molecular formula is C31H38N2O6. The van der Waals surface area contributed by atoms with Crippen LogP contribution in [0.15, 0.2) is 53.4 Å². The summed E-state index contributed by atoms with van der Waals surface area (Å²) in [5.74, 6) is 0.430. The number of likely N-dealkylation sites (tertiary alicyclic amines) is 1. The van der Waals surface area contributed by atoms with E-state index < -0.39 is 11.0 Å². The lowest BCUT2D eigenvalue weighted by Crippen LogP contribution is -2.68. The van der Waals surface area contributed by atoms with Gasteiger partial charge in [0.15, 0.2) is 0 Å². The second-order valence-electron chi connectivity index (χ2n) is 11.5. The summed E-state index contributed by atoms with van der Waals surface area (Å²) in [6.07, 6.45) is 11.8. The molecule has 1 amide bonds. The van der Waals surface area contributed by atoms with E-state index >= 15 is 0 Å². The van der Waals surface area contributed by atoms with E-state index in [-0.39, 0.29) is 23.9 Å². The van der Waals surface area contributed by atoms with Crippen LogP contribution in [0.1, 0.15) is 63.5 Å². The van der Waals surface area contributed by atoms with Crippen molar-refractivity contribution in [1.82, 2.24) is 9.80 Å². The van der Waals surface area contributed by atoms with Gasteiger partial charge < -0.3 is 18.8 Å². The van der Waals surface area contributed by atoms with Crippen LogP contribution in [0.2, 0.25) is 0 Å². The molecule has 1 aromatic carbocycles. The Bertz CT molecular complexity index is 1240. The Labute approximate surface area is 229 Å². The monoisotopic (exact) mass is 534 g/mol. The lowest BCUT2D eigenvalue weighted by atomic mass is 9.55. The summed E-state index contributed by atoms with van der Waals surface area (Å²) >= 11 is 0. The van der Waals surface area contributed by atoms with Crippen molar-refractivity contribution in [3.05, 3.63) is 60.1 Å². The minimum atomic E-state index is -0.742. The maximum absolute atomic E-state index is 13.2. The van der Waals surface area contributed by atoms with Gasteiger partial charge in [0.25, 0.3) is 0 Å². The molecule has 0 bridgehead atoms. The molecule has 1 aromatic heterocycles. The Kier molecular flexibility index (Phi) is 7.67. The van der Waals surface area contributed by atoms with Crippen LogP contribution in [0.4, 0.5) is 0 Å². The Morgan fingerprint density at radius 2 is 1.95 bits per heavy atom. The minimum Gasteiger partial charge on any atom is -0.472 e. The molecule has 208 valence electrons. The maximum Gasteiger partial charge on any atom is 0.308 e. The number of likely N-dealkylation sites (N-methyl/N-ethyl adjacent to an activating group) is 1. The van der Waals surface area contributed by atoms with Crippen LogP contribution < -0.4 is 4.74 Å². The van der Waals surface area contributed by atoms with E-state index in [1.807, 2.05) is 30.1 Å². The summed E-state index contributed by atoms with van der Waals surface area (Å²) in [5, 5.41) is 0. The van der Waals surface area contributed by atoms with Crippen LogP contribution in [0.3, 0.4) is 0 Å². The van der Waals surface area contributed by atoms with Gasteiger partial charge in [-0.15, -0.1) is 0 Å². The lowest BCUT2D eigenvalue weighted by molar-refractivity contribution is -0.190. The number of carbonyl (C=O) groups excluding carboxylic acids is 3. The quantitative estimate of drug-likeness (QED) is 0.278. The number of ether oxygens (including phenoxy) is 2. The number of nitrogens with zero attached hydrogens (tertiary/aromatic N) is 2. The maximum atomic E-state index is 13.2. The van der Waals surface area contributed by atoms with Gasteiger partial charge >= 0.3 is 11.9 Å². The summed E-state index contributed by atoms with van der Waals surface area (Å²) in [4.78, 5) is 41.8. The molecule has 39 heavy (non-hydrogen) atoms. The van der Waals surface area contributed by atoms with Gasteiger partial charge in [-0.25, -0.2) is 0 Å². The van der Waals surface area contributed by atoms with E-state index in [0.29, 0.717) is 25.1 Å². The zero-order valence-corrected chi connectivity index (χ0v) is 23.1. The van der Waals surface area contributed by atoms with Crippen LogP contribution in [0.25, 0.3) is 6.08 Å². The third-order valence-electron chi connectivity index (χ3n) is 8.73. The van der Waals surface area contributed by atoms with Crippen molar-refractivity contribution in [2.75, 3.05) is 26.7 Å². The highest BCUT2D eigenvalue weighted by molar-refractivity contribution is 5.91. The van der Waals surface area contributed by atoms with Crippen molar-refractivity contribution in [1.29, 1.82) is 0 Å². The van der Waals surface area contributed by atoms with Crippen molar-refractivity contribution in [2.45, 2.75) is 69.4 Å². The standard InChI is InChI=1S/C31H38N2O6/c1-22(34)38-28-6-4-5-26(17-28)30-14-15-33(19-24-7-8-24)21-31(30,39-23(2)35)13-11-27(18-30)32(3)29(36)10-9-25-12-16-37-20-25/h4-6,9-10,12,16-17,20,24,27H,7-8,11,13-15,18-19,21H2,1-3H3/b10-9+/t27-,30+,31+/m1/s1. The zero-order chi connectivity index (χ0) is 27.6. The van der Waals surface area contributed by atoms with E-state index in [1.165, 1.54) is 26.7 Å². The fourth-order valence-corrected chi connectivity index (χ4v) is 6.67. The van der Waals surface area contributed by atoms with E-state index in [0.717, 1.165) is 43.0 Å². The Balaban J connectivity index is 1.50. The summed E-state index contributed by atoms with van der Waals surface area (Å²) in [5.41, 5.74) is 0.526. The van der Waals surface area contributed by atoms with Crippen molar-refractivity contribution in [3.63, 3.8) is 0 Å². The Morgan fingerprint density at radius 3 is 2.64 bits per heavy atom. The van der Waals surface area contributed by atoms with Crippen LogP contribution >= 0.6 is 0 Å². The molecule has 0 N–H and O–H groups in total. The van der Waals surface area contributed by atoms with Gasteiger partial charge in [0, 0.05) is 57.1 Å². The van der Waals surface area contributed by atoms with Crippen LogP contribution in [0.5, 0.6) is 5.75 Å². The average molecular weight is 535 g/mol. The summed E-state index contributed by atoms with van der Waals surface area (Å²) in [6, 6.07) is 9.38. The van der Waals surface area contributed by atoms with Crippen LogP contribution in [-0.2, 0) is 24.5 Å². The zero-order valence-electron chi connectivity index (χ0n) is 23.1. The molecule has 0 unspecified atom stereocenters. The molecule has 1 saturated heterocycles. The fourth-order valence-electron chi connectivity index (χ4n) is 6.67. The van der Waals surface area contributed by atoms with Gasteiger partial charge in [0.05, 0.1) is 12.5 Å². The second-order valence-corrected chi connectivity index (χ2v) is 11.5. The second kappa shape index (κ2) is 11.0. The first kappa shape index (κ1) is 27.2. The molecule has 2 aromatic rings. The summed E-state index contributed by atoms with van der Waals surface area (Å²) in [7, 11) is 1.84. The fraction of sp³-hybridized carbons (Fsp3) is 0.516. The number of esters is 2.